The Morgan fingerprint density at radius 1 is 1.08 bits per heavy atom. The van der Waals surface area contributed by atoms with Crippen LogP contribution in [0.1, 0.15) is 16.7 Å². The smallest absolute Gasteiger partial charge is 0.215 e. The molecule has 0 saturated carbocycles. The van der Waals surface area contributed by atoms with Crippen molar-refractivity contribution in [3.05, 3.63) is 63.1 Å². The minimum absolute atomic E-state index is 0.181. The molecule has 0 aliphatic heterocycles. The molecule has 0 heterocycles. The van der Waals surface area contributed by atoms with Crippen molar-refractivity contribution in [1.82, 2.24) is 4.72 Å². The number of halogens is 2. The first kappa shape index (κ1) is 19.1. The van der Waals surface area contributed by atoms with E-state index in [0.717, 1.165) is 16.9 Å². The number of rotatable bonds is 7. The second-order valence-electron chi connectivity index (χ2n) is 5.51. The predicted octanol–water partition coefficient (Wildman–Crippen LogP) is 4.11. The molecule has 0 unspecified atom stereocenters. The SMILES string of the molecule is Cc1ccc(OCCNS(=O)(=O)Cc2ccc(Cl)cc2Cl)c(C)c1. The van der Waals surface area contributed by atoms with Crippen molar-refractivity contribution in [3.8, 4) is 5.75 Å². The van der Waals surface area contributed by atoms with Gasteiger partial charge in [0.2, 0.25) is 10.0 Å². The molecule has 1 N–H and O–H groups in total. The maximum absolute atomic E-state index is 12.1. The van der Waals surface area contributed by atoms with Gasteiger partial charge in [0.25, 0.3) is 0 Å². The van der Waals surface area contributed by atoms with Crippen molar-refractivity contribution in [2.75, 3.05) is 13.2 Å². The van der Waals surface area contributed by atoms with Crippen LogP contribution >= 0.6 is 23.2 Å². The van der Waals surface area contributed by atoms with Crippen LogP contribution < -0.4 is 9.46 Å². The third-order valence-electron chi connectivity index (χ3n) is 3.37. The molecule has 0 spiro atoms. The number of nitrogens with one attached hydrogen (secondary N) is 1. The second kappa shape index (κ2) is 8.21. The van der Waals surface area contributed by atoms with Gasteiger partial charge in [-0.1, -0.05) is 47.0 Å². The van der Waals surface area contributed by atoms with E-state index in [1.54, 1.807) is 12.1 Å². The zero-order valence-corrected chi connectivity index (χ0v) is 15.8. The van der Waals surface area contributed by atoms with E-state index in [2.05, 4.69) is 4.72 Å². The summed E-state index contributed by atoms with van der Waals surface area (Å²) in [5, 5.41) is 0.801. The zero-order valence-electron chi connectivity index (χ0n) is 13.5. The van der Waals surface area contributed by atoms with Crippen LogP contribution in [-0.2, 0) is 15.8 Å². The Bertz CT molecular complexity index is 823. The molecule has 7 heteroatoms. The second-order valence-corrected chi connectivity index (χ2v) is 8.16. The van der Waals surface area contributed by atoms with Crippen molar-refractivity contribution in [1.29, 1.82) is 0 Å². The summed E-state index contributed by atoms with van der Waals surface area (Å²) in [6.07, 6.45) is 0. The van der Waals surface area contributed by atoms with Crippen molar-refractivity contribution in [2.45, 2.75) is 19.6 Å². The van der Waals surface area contributed by atoms with E-state index in [1.807, 2.05) is 32.0 Å². The van der Waals surface area contributed by atoms with E-state index in [9.17, 15) is 8.42 Å². The molecule has 2 rings (SSSR count). The largest absolute Gasteiger partial charge is 0.492 e. The Hall–Kier alpha value is -1.27. The van der Waals surface area contributed by atoms with Crippen LogP contribution in [-0.4, -0.2) is 21.6 Å². The van der Waals surface area contributed by atoms with Crippen LogP contribution in [0.4, 0.5) is 0 Å². The summed E-state index contributed by atoms with van der Waals surface area (Å²) in [6, 6.07) is 10.6. The standard InChI is InChI=1S/C17H19Cl2NO3S/c1-12-3-6-17(13(2)9-12)23-8-7-20-24(21,22)11-14-4-5-15(18)10-16(14)19/h3-6,9-10,20H,7-8,11H2,1-2H3. The van der Waals surface area contributed by atoms with Crippen LogP contribution in [0.2, 0.25) is 10.0 Å². The van der Waals surface area contributed by atoms with E-state index in [1.165, 1.54) is 6.07 Å². The van der Waals surface area contributed by atoms with Crippen molar-refractivity contribution in [2.24, 2.45) is 0 Å². The molecule has 2 aromatic carbocycles. The van der Waals surface area contributed by atoms with Gasteiger partial charge >= 0.3 is 0 Å². The van der Waals surface area contributed by atoms with Gasteiger partial charge in [-0.05, 0) is 43.2 Å². The molecule has 0 amide bonds. The summed E-state index contributed by atoms with van der Waals surface area (Å²) >= 11 is 11.8. The normalized spacial score (nSPS) is 11.5. The first-order chi connectivity index (χ1) is 11.3. The summed E-state index contributed by atoms with van der Waals surface area (Å²) in [7, 11) is -3.50. The van der Waals surface area contributed by atoms with Crippen molar-refractivity contribution < 1.29 is 13.2 Å². The molecule has 0 radical (unpaired) electrons. The predicted molar refractivity (Wildman–Crippen MR) is 98.5 cm³/mol. The molecule has 24 heavy (non-hydrogen) atoms. The van der Waals surface area contributed by atoms with E-state index in [4.69, 9.17) is 27.9 Å². The molecular weight excluding hydrogens is 369 g/mol. The molecule has 0 atom stereocenters. The Morgan fingerprint density at radius 3 is 2.50 bits per heavy atom. The topological polar surface area (TPSA) is 55.4 Å². The minimum atomic E-state index is -3.50. The highest BCUT2D eigenvalue weighted by atomic mass is 35.5. The molecule has 0 fully saturated rings. The van der Waals surface area contributed by atoms with E-state index in [0.29, 0.717) is 15.6 Å². The van der Waals surface area contributed by atoms with Gasteiger partial charge in [0.15, 0.2) is 0 Å². The number of hydrogen-bond acceptors (Lipinski definition) is 3. The van der Waals surface area contributed by atoms with E-state index in [-0.39, 0.29) is 18.9 Å². The fraction of sp³-hybridized carbons (Fsp3) is 0.294. The van der Waals surface area contributed by atoms with Gasteiger partial charge < -0.3 is 4.74 Å². The monoisotopic (exact) mass is 387 g/mol. The summed E-state index contributed by atoms with van der Waals surface area (Å²) < 4.78 is 32.3. The Morgan fingerprint density at radius 2 is 1.83 bits per heavy atom. The number of ether oxygens (including phenoxy) is 1. The van der Waals surface area contributed by atoms with Crippen LogP contribution in [0, 0.1) is 13.8 Å². The number of hydrogen-bond donors (Lipinski definition) is 1. The zero-order chi connectivity index (χ0) is 17.7. The molecule has 130 valence electrons. The maximum Gasteiger partial charge on any atom is 0.215 e. The third kappa shape index (κ3) is 5.67. The summed E-state index contributed by atoms with van der Waals surface area (Å²) in [5.74, 6) is 0.549. The lowest BCUT2D eigenvalue weighted by Crippen LogP contribution is -2.29. The van der Waals surface area contributed by atoms with E-state index >= 15 is 0 Å². The van der Waals surface area contributed by atoms with Gasteiger partial charge in [-0.25, -0.2) is 13.1 Å². The number of sulfonamides is 1. The minimum Gasteiger partial charge on any atom is -0.492 e. The molecule has 0 aromatic heterocycles. The number of benzene rings is 2. The molecule has 0 aliphatic rings. The fourth-order valence-corrected chi connectivity index (χ4v) is 3.93. The molecular formula is C17H19Cl2NO3S. The van der Waals surface area contributed by atoms with Crippen LogP contribution in [0.5, 0.6) is 5.75 Å². The fourth-order valence-electron chi connectivity index (χ4n) is 2.21. The first-order valence-corrected chi connectivity index (χ1v) is 9.79. The highest BCUT2D eigenvalue weighted by molar-refractivity contribution is 7.88. The Labute approximate surface area is 152 Å². The Kier molecular flexibility index (Phi) is 6.52. The third-order valence-corrected chi connectivity index (χ3v) is 5.29. The van der Waals surface area contributed by atoms with E-state index < -0.39 is 10.0 Å². The van der Waals surface area contributed by atoms with Crippen LogP contribution in [0.25, 0.3) is 0 Å². The summed E-state index contributed by atoms with van der Waals surface area (Å²) in [6.45, 7) is 4.39. The number of aryl methyl sites for hydroxylation is 2. The van der Waals surface area contributed by atoms with Crippen molar-refractivity contribution in [3.63, 3.8) is 0 Å². The lowest BCUT2D eigenvalue weighted by molar-refractivity contribution is 0.320. The van der Waals surface area contributed by atoms with Gasteiger partial charge in [0.1, 0.15) is 12.4 Å². The summed E-state index contributed by atoms with van der Waals surface area (Å²) in [5.41, 5.74) is 2.68. The van der Waals surface area contributed by atoms with Gasteiger partial charge in [-0.3, -0.25) is 0 Å². The highest BCUT2D eigenvalue weighted by Crippen LogP contribution is 2.22. The molecule has 2 aromatic rings. The molecule has 0 saturated heterocycles. The molecule has 0 aliphatic carbocycles. The van der Waals surface area contributed by atoms with Gasteiger partial charge in [-0.15, -0.1) is 0 Å². The van der Waals surface area contributed by atoms with Crippen LogP contribution in [0.3, 0.4) is 0 Å². The van der Waals surface area contributed by atoms with Crippen molar-refractivity contribution >= 4 is 33.2 Å². The van der Waals surface area contributed by atoms with Crippen LogP contribution in [0.15, 0.2) is 36.4 Å². The first-order valence-electron chi connectivity index (χ1n) is 7.38. The van der Waals surface area contributed by atoms with Gasteiger partial charge in [0.05, 0.1) is 5.75 Å². The lowest BCUT2D eigenvalue weighted by Gasteiger charge is -2.11. The lowest BCUT2D eigenvalue weighted by atomic mass is 10.1. The molecule has 4 nitrogen and oxygen atoms in total. The van der Waals surface area contributed by atoms with Gasteiger partial charge in [0, 0.05) is 16.6 Å². The highest BCUT2D eigenvalue weighted by Gasteiger charge is 2.14. The quantitative estimate of drug-likeness (QED) is 0.727. The maximum atomic E-state index is 12.1. The summed E-state index contributed by atoms with van der Waals surface area (Å²) in [4.78, 5) is 0. The Balaban J connectivity index is 1.86. The van der Waals surface area contributed by atoms with Gasteiger partial charge in [-0.2, -0.15) is 0 Å². The average molecular weight is 388 g/mol. The average Bonchev–Trinajstić information content (AvgIpc) is 2.48. The molecule has 0 bridgehead atoms.